The highest BCUT2D eigenvalue weighted by Gasteiger charge is 2.28. The lowest BCUT2D eigenvalue weighted by atomic mass is 10.0. The molecule has 0 radical (unpaired) electrons. The van der Waals surface area contributed by atoms with Crippen molar-refractivity contribution in [1.82, 2.24) is 0 Å². The third kappa shape index (κ3) is 40.8. The van der Waals surface area contributed by atoms with Crippen molar-refractivity contribution in [2.75, 3.05) is 19.8 Å². The van der Waals surface area contributed by atoms with Crippen LogP contribution in [0.5, 0.6) is 0 Å². The Bertz CT molecular complexity index is 1030. The van der Waals surface area contributed by atoms with Crippen LogP contribution < -0.4 is 5.73 Å². The summed E-state index contributed by atoms with van der Waals surface area (Å²) in [7, 11) is -4.71. The quantitative estimate of drug-likeness (QED) is 0.0231. The van der Waals surface area contributed by atoms with Gasteiger partial charge < -0.3 is 25.2 Å². The van der Waals surface area contributed by atoms with E-state index in [1.807, 2.05) is 0 Å². The SMILES string of the molecule is CCCCCCCC/C=C/CCCCCCCCCCCCCC(=O)OC[C@@H](COP(=O)(O)OC[C@H](N)C(=O)O)OC(=O)CCCCCCCCCCCCCC. The summed E-state index contributed by atoms with van der Waals surface area (Å²) in [5.41, 5.74) is 5.33. The molecule has 12 heteroatoms. The molecule has 0 heterocycles. The Morgan fingerprint density at radius 1 is 0.526 bits per heavy atom. The average molecular weight is 832 g/mol. The van der Waals surface area contributed by atoms with E-state index in [9.17, 15) is 23.8 Å². The van der Waals surface area contributed by atoms with E-state index in [2.05, 4.69) is 30.5 Å². The van der Waals surface area contributed by atoms with E-state index in [-0.39, 0.29) is 19.4 Å². The standard InChI is InChI=1S/C45H86NO10P/c1-3-5-7-9-11-13-15-17-18-19-20-21-22-23-24-25-27-28-30-32-34-36-43(47)53-38-41(39-54-57(51,52)55-40-42(46)45(49)50)56-44(48)37-35-33-31-29-26-16-14-12-10-8-6-4-2/h17-18,41-42H,3-16,19-40,46H2,1-2H3,(H,49,50)(H,51,52)/b18-17+/t41-,42-/m0/s1. The fraction of sp³-hybridized carbons (Fsp3) is 0.889. The molecule has 336 valence electrons. The summed E-state index contributed by atoms with van der Waals surface area (Å²) in [5.74, 6) is -2.36. The molecule has 57 heavy (non-hydrogen) atoms. The number of phosphoric acid groups is 1. The number of esters is 2. The van der Waals surface area contributed by atoms with E-state index in [4.69, 9.17) is 24.8 Å². The van der Waals surface area contributed by atoms with Crippen LogP contribution >= 0.6 is 7.82 Å². The highest BCUT2D eigenvalue weighted by Crippen LogP contribution is 2.43. The van der Waals surface area contributed by atoms with Crippen LogP contribution in [-0.4, -0.2) is 59.9 Å². The van der Waals surface area contributed by atoms with Crippen LogP contribution in [0.3, 0.4) is 0 Å². The first-order valence-electron chi connectivity index (χ1n) is 23.2. The Morgan fingerprint density at radius 2 is 0.877 bits per heavy atom. The van der Waals surface area contributed by atoms with Crippen LogP contribution in [0, 0.1) is 0 Å². The van der Waals surface area contributed by atoms with Crippen LogP contribution in [0.1, 0.15) is 226 Å². The fourth-order valence-electron chi connectivity index (χ4n) is 6.59. The molecule has 0 rings (SSSR count). The van der Waals surface area contributed by atoms with Crippen molar-refractivity contribution >= 4 is 25.7 Å². The van der Waals surface area contributed by atoms with Gasteiger partial charge in [0.2, 0.25) is 0 Å². The number of carboxylic acids is 1. The third-order valence-corrected chi connectivity index (χ3v) is 11.2. The Labute approximate surface area is 348 Å². The minimum Gasteiger partial charge on any atom is -0.480 e. The third-order valence-electron chi connectivity index (χ3n) is 10.3. The number of ether oxygens (including phenoxy) is 2. The fourth-order valence-corrected chi connectivity index (χ4v) is 7.37. The van der Waals surface area contributed by atoms with E-state index in [0.717, 1.165) is 38.5 Å². The number of hydrogen-bond donors (Lipinski definition) is 3. The maximum atomic E-state index is 12.6. The number of nitrogens with two attached hydrogens (primary N) is 1. The van der Waals surface area contributed by atoms with Gasteiger partial charge >= 0.3 is 25.7 Å². The van der Waals surface area contributed by atoms with Gasteiger partial charge in [0.15, 0.2) is 6.10 Å². The first-order valence-corrected chi connectivity index (χ1v) is 24.7. The summed E-state index contributed by atoms with van der Waals surface area (Å²) in [6, 6.07) is -1.52. The maximum Gasteiger partial charge on any atom is 0.472 e. The monoisotopic (exact) mass is 832 g/mol. The van der Waals surface area contributed by atoms with Gasteiger partial charge in [-0.1, -0.05) is 187 Å². The molecule has 0 saturated heterocycles. The second-order valence-corrected chi connectivity index (χ2v) is 17.3. The van der Waals surface area contributed by atoms with Gasteiger partial charge in [-0.2, -0.15) is 0 Å². The number of unbranched alkanes of at least 4 members (excludes halogenated alkanes) is 28. The number of carbonyl (C=O) groups is 3. The molecule has 0 saturated carbocycles. The lowest BCUT2D eigenvalue weighted by Gasteiger charge is -2.20. The summed E-state index contributed by atoms with van der Waals surface area (Å²) in [4.78, 5) is 46.0. The summed E-state index contributed by atoms with van der Waals surface area (Å²) in [5, 5.41) is 8.89. The lowest BCUT2D eigenvalue weighted by molar-refractivity contribution is -0.161. The van der Waals surface area contributed by atoms with Crippen molar-refractivity contribution in [3.63, 3.8) is 0 Å². The van der Waals surface area contributed by atoms with E-state index in [1.165, 1.54) is 148 Å². The molecule has 0 bridgehead atoms. The number of phosphoric ester groups is 1. The van der Waals surface area contributed by atoms with Gasteiger partial charge in [0.05, 0.1) is 13.2 Å². The molecule has 4 N–H and O–H groups in total. The van der Waals surface area contributed by atoms with Crippen molar-refractivity contribution in [3.05, 3.63) is 12.2 Å². The molecule has 0 aliphatic heterocycles. The molecule has 0 aliphatic carbocycles. The maximum absolute atomic E-state index is 12.6. The van der Waals surface area contributed by atoms with Gasteiger partial charge in [0, 0.05) is 12.8 Å². The van der Waals surface area contributed by atoms with Crippen LogP contribution in [0.15, 0.2) is 12.2 Å². The van der Waals surface area contributed by atoms with E-state index >= 15 is 0 Å². The number of aliphatic carboxylic acids is 1. The number of carbonyl (C=O) groups excluding carboxylic acids is 2. The molecule has 11 nitrogen and oxygen atoms in total. The zero-order chi connectivity index (χ0) is 42.1. The van der Waals surface area contributed by atoms with E-state index < -0.39 is 51.1 Å². The molecule has 0 aromatic carbocycles. The smallest absolute Gasteiger partial charge is 0.472 e. The molecular weight excluding hydrogens is 745 g/mol. The second kappa shape index (κ2) is 41.0. The Balaban J connectivity index is 4.22. The Hall–Kier alpha value is -1.78. The first kappa shape index (κ1) is 55.2. The van der Waals surface area contributed by atoms with E-state index in [0.29, 0.717) is 12.8 Å². The average Bonchev–Trinajstić information content (AvgIpc) is 3.19. The summed E-state index contributed by atoms with van der Waals surface area (Å²) in [6.07, 6.45) is 41.3. The van der Waals surface area contributed by atoms with Crippen molar-refractivity contribution < 1.29 is 47.5 Å². The van der Waals surface area contributed by atoms with Gasteiger partial charge in [0.1, 0.15) is 12.6 Å². The highest BCUT2D eigenvalue weighted by atomic mass is 31.2. The molecular formula is C45H86NO10P. The molecule has 0 aliphatic rings. The van der Waals surface area contributed by atoms with Crippen LogP contribution in [0.25, 0.3) is 0 Å². The zero-order valence-corrected chi connectivity index (χ0v) is 37.3. The molecule has 0 aromatic rings. The topological polar surface area (TPSA) is 172 Å². The lowest BCUT2D eigenvalue weighted by Crippen LogP contribution is -2.34. The largest absolute Gasteiger partial charge is 0.480 e. The van der Waals surface area contributed by atoms with Crippen molar-refractivity contribution in [1.29, 1.82) is 0 Å². The summed E-state index contributed by atoms with van der Waals surface area (Å²) >= 11 is 0. The zero-order valence-electron chi connectivity index (χ0n) is 36.5. The number of rotatable bonds is 44. The predicted octanol–water partition coefficient (Wildman–Crippen LogP) is 12.5. The molecule has 0 aromatic heterocycles. The van der Waals surface area contributed by atoms with Gasteiger partial charge in [-0.05, 0) is 38.5 Å². The predicted molar refractivity (Wildman–Crippen MR) is 231 cm³/mol. The van der Waals surface area contributed by atoms with Crippen molar-refractivity contribution in [3.8, 4) is 0 Å². The van der Waals surface area contributed by atoms with Crippen molar-refractivity contribution in [2.45, 2.75) is 238 Å². The van der Waals surface area contributed by atoms with Crippen LogP contribution in [-0.2, 0) is 37.5 Å². The summed E-state index contributed by atoms with van der Waals surface area (Å²) in [6.45, 7) is 2.82. The van der Waals surface area contributed by atoms with Crippen LogP contribution in [0.2, 0.25) is 0 Å². The second-order valence-electron chi connectivity index (χ2n) is 15.9. The Kier molecular flexibility index (Phi) is 39.7. The molecule has 3 atom stereocenters. The molecule has 0 fully saturated rings. The van der Waals surface area contributed by atoms with E-state index in [1.54, 1.807) is 0 Å². The first-order chi connectivity index (χ1) is 27.6. The van der Waals surface area contributed by atoms with Gasteiger partial charge in [-0.25, -0.2) is 4.57 Å². The minimum atomic E-state index is -4.71. The summed E-state index contributed by atoms with van der Waals surface area (Å²) < 4.78 is 32.7. The molecule has 0 amide bonds. The Morgan fingerprint density at radius 3 is 1.28 bits per heavy atom. The number of carboxylic acid groups (broad SMARTS) is 1. The van der Waals surface area contributed by atoms with Gasteiger partial charge in [0.25, 0.3) is 0 Å². The molecule has 0 spiro atoms. The molecule has 1 unspecified atom stereocenters. The minimum absolute atomic E-state index is 0.167. The number of allylic oxidation sites excluding steroid dienone is 2. The van der Waals surface area contributed by atoms with Gasteiger partial charge in [-0.3, -0.25) is 23.4 Å². The van der Waals surface area contributed by atoms with Gasteiger partial charge in [-0.15, -0.1) is 0 Å². The highest BCUT2D eigenvalue weighted by molar-refractivity contribution is 7.47. The normalized spacial score (nSPS) is 13.8. The van der Waals surface area contributed by atoms with Crippen LogP contribution in [0.4, 0.5) is 0 Å². The van der Waals surface area contributed by atoms with Crippen molar-refractivity contribution in [2.24, 2.45) is 5.73 Å². The number of hydrogen-bond acceptors (Lipinski definition) is 9.